The van der Waals surface area contributed by atoms with Crippen molar-refractivity contribution in [2.75, 3.05) is 13.9 Å². The minimum absolute atomic E-state index is 0.217. The first kappa shape index (κ1) is 16.4. The molecule has 0 radical (unpaired) electrons. The Hall–Kier alpha value is -2.50. The summed E-state index contributed by atoms with van der Waals surface area (Å²) >= 11 is 3.30. The van der Waals surface area contributed by atoms with Crippen LogP contribution in [0.25, 0.3) is 16.6 Å². The Morgan fingerprint density at radius 3 is 2.79 bits per heavy atom. The number of hydrogen-bond donors (Lipinski definition) is 0. The van der Waals surface area contributed by atoms with Crippen molar-refractivity contribution >= 4 is 26.8 Å². The maximum absolute atomic E-state index is 13.9. The number of hydrogen-bond acceptors (Lipinski definition) is 4. The second-order valence-corrected chi connectivity index (χ2v) is 5.70. The van der Waals surface area contributed by atoms with Gasteiger partial charge in [0, 0.05) is 29.1 Å². The highest BCUT2D eigenvalue weighted by atomic mass is 79.9. The topological polar surface area (TPSA) is 60.1 Å². The molecular formula is C16H10BrF2N3O2. The Balaban J connectivity index is 2.17. The van der Waals surface area contributed by atoms with Crippen LogP contribution in [0.15, 0.2) is 34.9 Å². The van der Waals surface area contributed by atoms with Gasteiger partial charge < -0.3 is 9.47 Å². The van der Waals surface area contributed by atoms with Crippen LogP contribution in [0.1, 0.15) is 5.56 Å². The summed E-state index contributed by atoms with van der Waals surface area (Å²) in [6.07, 6.45) is 1.57. The highest BCUT2D eigenvalue weighted by Crippen LogP contribution is 2.29. The summed E-state index contributed by atoms with van der Waals surface area (Å²) in [4.78, 5) is 0. The highest BCUT2D eigenvalue weighted by Gasteiger charge is 2.16. The van der Waals surface area contributed by atoms with E-state index in [1.807, 2.05) is 0 Å². The second-order valence-electron chi connectivity index (χ2n) is 4.85. The maximum Gasteiger partial charge on any atom is 0.200 e. The van der Waals surface area contributed by atoms with E-state index in [1.165, 1.54) is 17.9 Å². The van der Waals surface area contributed by atoms with Crippen molar-refractivity contribution in [2.45, 2.75) is 0 Å². The largest absolute Gasteiger partial charge is 0.464 e. The molecule has 0 spiro atoms. The normalized spacial score (nSPS) is 10.8. The van der Waals surface area contributed by atoms with Gasteiger partial charge in [0.2, 0.25) is 5.82 Å². The molecule has 0 saturated heterocycles. The monoisotopic (exact) mass is 393 g/mol. The molecule has 0 aliphatic rings. The van der Waals surface area contributed by atoms with Gasteiger partial charge in [-0.1, -0.05) is 0 Å². The lowest BCUT2D eigenvalue weighted by Crippen LogP contribution is -2.05. The Bertz CT molecular complexity index is 966. The van der Waals surface area contributed by atoms with Crippen molar-refractivity contribution in [2.24, 2.45) is 0 Å². The van der Waals surface area contributed by atoms with Gasteiger partial charge in [0.15, 0.2) is 18.4 Å². The summed E-state index contributed by atoms with van der Waals surface area (Å²) in [7, 11) is 1.38. The van der Waals surface area contributed by atoms with Gasteiger partial charge in [0.25, 0.3) is 0 Å². The molecule has 3 aromatic rings. The molecule has 0 unspecified atom stereocenters. The van der Waals surface area contributed by atoms with E-state index in [-0.39, 0.29) is 18.2 Å². The van der Waals surface area contributed by atoms with Gasteiger partial charge in [-0.05, 0) is 28.1 Å². The van der Waals surface area contributed by atoms with Crippen LogP contribution < -0.4 is 4.74 Å². The van der Waals surface area contributed by atoms with Gasteiger partial charge in [-0.3, -0.25) is 0 Å². The summed E-state index contributed by atoms with van der Waals surface area (Å²) in [5.74, 6) is -2.46. The van der Waals surface area contributed by atoms with Crippen molar-refractivity contribution in [3.63, 3.8) is 0 Å². The minimum Gasteiger partial charge on any atom is -0.464 e. The van der Waals surface area contributed by atoms with Crippen LogP contribution >= 0.6 is 15.9 Å². The summed E-state index contributed by atoms with van der Waals surface area (Å²) in [5, 5.41) is 14.1. The van der Waals surface area contributed by atoms with E-state index in [9.17, 15) is 8.78 Å². The van der Waals surface area contributed by atoms with E-state index in [2.05, 4.69) is 27.1 Å². The SMILES string of the molecule is COCOc1cc(-n2ncc3cc(Br)c(C#N)cc32)cc(F)c1F. The second kappa shape index (κ2) is 6.55. The molecule has 5 nitrogen and oxygen atoms in total. The minimum atomic E-state index is -1.10. The van der Waals surface area contributed by atoms with E-state index >= 15 is 0 Å². The molecule has 0 N–H and O–H groups in total. The molecule has 2 aromatic carbocycles. The highest BCUT2D eigenvalue weighted by molar-refractivity contribution is 9.10. The third-order valence-corrected chi connectivity index (χ3v) is 3.99. The Kier molecular flexibility index (Phi) is 4.46. The van der Waals surface area contributed by atoms with Crippen molar-refractivity contribution in [3.8, 4) is 17.5 Å². The van der Waals surface area contributed by atoms with Gasteiger partial charge >= 0.3 is 0 Å². The third kappa shape index (κ3) is 2.84. The smallest absolute Gasteiger partial charge is 0.200 e. The Labute approximate surface area is 144 Å². The lowest BCUT2D eigenvalue weighted by atomic mass is 10.2. The van der Waals surface area contributed by atoms with Crippen LogP contribution in [0.5, 0.6) is 5.75 Å². The molecule has 0 amide bonds. The molecule has 8 heteroatoms. The van der Waals surface area contributed by atoms with E-state index < -0.39 is 11.6 Å². The standard InChI is InChI=1S/C16H10BrF2N3O2/c1-23-8-24-15-5-11(4-13(18)16(15)19)22-14-3-9(6-20)12(17)2-10(14)7-21-22/h2-5,7H,8H2,1H3. The molecular weight excluding hydrogens is 384 g/mol. The van der Waals surface area contributed by atoms with Crippen LogP contribution in [0.4, 0.5) is 8.78 Å². The number of aromatic nitrogens is 2. The number of halogens is 3. The van der Waals surface area contributed by atoms with Crippen LogP contribution in [0.3, 0.4) is 0 Å². The molecule has 24 heavy (non-hydrogen) atoms. The number of methoxy groups -OCH3 is 1. The van der Waals surface area contributed by atoms with Crippen LogP contribution in [-0.2, 0) is 4.74 Å². The third-order valence-electron chi connectivity index (χ3n) is 3.33. The van der Waals surface area contributed by atoms with Crippen molar-refractivity contribution < 1.29 is 18.3 Å². The molecule has 3 rings (SSSR count). The summed E-state index contributed by atoms with van der Waals surface area (Å²) < 4.78 is 39.5. The fraction of sp³-hybridized carbons (Fsp3) is 0.125. The predicted octanol–water partition coefficient (Wildman–Crippen LogP) is 3.92. The first-order valence-electron chi connectivity index (χ1n) is 6.73. The van der Waals surface area contributed by atoms with Gasteiger partial charge in [0.1, 0.15) is 6.07 Å². The number of nitriles is 1. The van der Waals surface area contributed by atoms with Crippen molar-refractivity contribution in [3.05, 3.63) is 52.1 Å². The summed E-state index contributed by atoms with van der Waals surface area (Å²) in [5.41, 5.74) is 1.25. The van der Waals surface area contributed by atoms with Gasteiger partial charge in [0.05, 0.1) is 23.0 Å². The average molecular weight is 394 g/mol. The van der Waals surface area contributed by atoms with Crippen LogP contribution in [-0.4, -0.2) is 23.7 Å². The van der Waals surface area contributed by atoms with E-state index in [0.717, 1.165) is 11.5 Å². The molecule has 0 aliphatic carbocycles. The van der Waals surface area contributed by atoms with Gasteiger partial charge in [-0.15, -0.1) is 0 Å². The van der Waals surface area contributed by atoms with Crippen LogP contribution in [0, 0.1) is 23.0 Å². The van der Waals surface area contributed by atoms with E-state index in [4.69, 9.17) is 14.7 Å². The fourth-order valence-electron chi connectivity index (χ4n) is 2.24. The zero-order chi connectivity index (χ0) is 17.3. The molecule has 0 aliphatic heterocycles. The number of fused-ring (bicyclic) bond motifs is 1. The Morgan fingerprint density at radius 2 is 2.08 bits per heavy atom. The first-order valence-corrected chi connectivity index (χ1v) is 7.53. The zero-order valence-corrected chi connectivity index (χ0v) is 14.0. The molecule has 1 heterocycles. The Morgan fingerprint density at radius 1 is 1.29 bits per heavy atom. The van der Waals surface area contributed by atoms with E-state index in [0.29, 0.717) is 15.6 Å². The average Bonchev–Trinajstić information content (AvgIpc) is 2.97. The fourth-order valence-corrected chi connectivity index (χ4v) is 2.69. The molecule has 0 saturated carbocycles. The quantitative estimate of drug-likeness (QED) is 0.630. The number of rotatable bonds is 4. The molecule has 1 aromatic heterocycles. The maximum atomic E-state index is 13.9. The molecule has 0 bridgehead atoms. The van der Waals surface area contributed by atoms with E-state index in [1.54, 1.807) is 18.3 Å². The van der Waals surface area contributed by atoms with Crippen molar-refractivity contribution in [1.82, 2.24) is 9.78 Å². The first-order chi connectivity index (χ1) is 11.5. The predicted molar refractivity (Wildman–Crippen MR) is 85.9 cm³/mol. The zero-order valence-electron chi connectivity index (χ0n) is 12.4. The lowest BCUT2D eigenvalue weighted by Gasteiger charge is -2.10. The summed E-state index contributed by atoms with van der Waals surface area (Å²) in [6.45, 7) is -0.217. The molecule has 122 valence electrons. The van der Waals surface area contributed by atoms with Gasteiger partial charge in [-0.2, -0.15) is 14.8 Å². The molecule has 0 fully saturated rings. The number of nitrogens with zero attached hydrogens (tertiary/aromatic N) is 3. The van der Waals surface area contributed by atoms with Gasteiger partial charge in [-0.25, -0.2) is 9.07 Å². The van der Waals surface area contributed by atoms with Crippen LogP contribution in [0.2, 0.25) is 0 Å². The van der Waals surface area contributed by atoms with Crippen molar-refractivity contribution in [1.29, 1.82) is 5.26 Å². The number of benzene rings is 2. The number of ether oxygens (including phenoxy) is 2. The molecule has 0 atom stereocenters. The summed E-state index contributed by atoms with van der Waals surface area (Å²) in [6, 6.07) is 7.73. The lowest BCUT2D eigenvalue weighted by molar-refractivity contribution is 0.0478.